The minimum Gasteiger partial charge on any atom is -0.469 e. The molecule has 0 radical (unpaired) electrons. The fraction of sp³-hybridized carbons (Fsp3) is 0.333. The number of hydrogen-bond donors (Lipinski definition) is 1. The highest BCUT2D eigenvalue weighted by Crippen LogP contribution is 1.85. The summed E-state index contributed by atoms with van der Waals surface area (Å²) in [4.78, 5) is 0. The van der Waals surface area contributed by atoms with E-state index in [9.17, 15) is 0 Å². The van der Waals surface area contributed by atoms with Gasteiger partial charge in [0.1, 0.15) is 0 Å². The van der Waals surface area contributed by atoms with Gasteiger partial charge in [-0.3, -0.25) is 0 Å². The van der Waals surface area contributed by atoms with Gasteiger partial charge in [-0.15, -0.1) is 12.4 Å². The van der Waals surface area contributed by atoms with Crippen molar-refractivity contribution >= 4 is 0 Å². The van der Waals surface area contributed by atoms with Gasteiger partial charge in [0.05, 0.1) is 6.61 Å². The summed E-state index contributed by atoms with van der Waals surface area (Å²) >= 11 is 0. The number of rotatable bonds is 2. The molecule has 2 nitrogen and oxygen atoms in total. The molecule has 8 heavy (non-hydrogen) atoms. The topological polar surface area (TPSA) is 25.2 Å². The lowest BCUT2D eigenvalue weighted by atomic mass is 10.7. The third kappa shape index (κ3) is 1.10. The van der Waals surface area contributed by atoms with E-state index in [1.54, 1.807) is 4.57 Å². The van der Waals surface area contributed by atoms with Crippen LogP contribution in [0.25, 0.3) is 0 Å². The fourth-order valence-electron chi connectivity index (χ4n) is 0.576. The van der Waals surface area contributed by atoms with Crippen LogP contribution in [0.3, 0.4) is 0 Å². The van der Waals surface area contributed by atoms with Crippen LogP contribution in [0.1, 0.15) is 0 Å². The summed E-state index contributed by atoms with van der Waals surface area (Å²) in [7, 11) is 0. The average Bonchev–Trinajstić information content (AvgIpc) is 2.19. The van der Waals surface area contributed by atoms with Crippen LogP contribution in [0, 0.1) is 6.20 Å². The Kier molecular flexibility index (Phi) is 1.70. The smallest absolute Gasteiger partial charge is 0.0589 e. The Labute approximate surface area is 48.4 Å². The monoisotopic (exact) mass is 110 g/mol. The maximum atomic E-state index is 8.40. The van der Waals surface area contributed by atoms with Crippen LogP contribution in [0.2, 0.25) is 0 Å². The Hall–Kier alpha value is -0.760. The number of aliphatic hydroxyl groups is 1. The first kappa shape index (κ1) is 5.38. The second-order valence-electron chi connectivity index (χ2n) is 1.55. The third-order valence-corrected chi connectivity index (χ3v) is 0.943. The summed E-state index contributed by atoms with van der Waals surface area (Å²) in [6.07, 6.45) is 4.77. The van der Waals surface area contributed by atoms with Crippen LogP contribution >= 0.6 is 0 Å². The van der Waals surface area contributed by atoms with E-state index in [1.807, 2.05) is 18.3 Å². The maximum Gasteiger partial charge on any atom is 0.0589 e. The second-order valence-corrected chi connectivity index (χ2v) is 1.55. The minimum atomic E-state index is 0.186. The molecule has 2 heteroatoms. The van der Waals surface area contributed by atoms with Crippen LogP contribution in [-0.4, -0.2) is 16.3 Å². The molecule has 1 aromatic heterocycles. The Morgan fingerprint density at radius 3 is 3.00 bits per heavy atom. The summed E-state index contributed by atoms with van der Waals surface area (Å²) in [5.74, 6) is 0. The molecule has 0 aliphatic heterocycles. The van der Waals surface area contributed by atoms with E-state index in [-0.39, 0.29) is 6.61 Å². The van der Waals surface area contributed by atoms with Crippen molar-refractivity contribution in [1.82, 2.24) is 4.57 Å². The molecule has 1 rings (SSSR count). The summed E-state index contributed by atoms with van der Waals surface area (Å²) in [6, 6.07) is 3.70. The standard InChI is InChI=1S/C6H8NO/c8-6-5-7-3-1-2-4-7/h1-3,8H,5-6H2/q-1. The van der Waals surface area contributed by atoms with E-state index in [2.05, 4.69) is 6.20 Å². The van der Waals surface area contributed by atoms with E-state index in [0.717, 1.165) is 0 Å². The van der Waals surface area contributed by atoms with Gasteiger partial charge in [0, 0.05) is 6.54 Å². The van der Waals surface area contributed by atoms with Gasteiger partial charge in [0.15, 0.2) is 0 Å². The lowest BCUT2D eigenvalue weighted by Gasteiger charge is -2.02. The van der Waals surface area contributed by atoms with Gasteiger partial charge in [0.25, 0.3) is 0 Å². The zero-order valence-corrected chi connectivity index (χ0v) is 4.54. The molecule has 0 unspecified atom stereocenters. The van der Waals surface area contributed by atoms with Crippen LogP contribution in [0.15, 0.2) is 18.3 Å². The van der Waals surface area contributed by atoms with Crippen molar-refractivity contribution in [1.29, 1.82) is 0 Å². The second kappa shape index (κ2) is 2.52. The molecule has 1 heterocycles. The van der Waals surface area contributed by atoms with Crippen LogP contribution < -0.4 is 0 Å². The van der Waals surface area contributed by atoms with Crippen molar-refractivity contribution in [2.45, 2.75) is 6.54 Å². The molecule has 1 aromatic rings. The highest BCUT2D eigenvalue weighted by molar-refractivity contribution is 4.87. The largest absolute Gasteiger partial charge is 0.469 e. The van der Waals surface area contributed by atoms with Crippen molar-refractivity contribution in [3.63, 3.8) is 0 Å². The molecule has 0 amide bonds. The van der Waals surface area contributed by atoms with E-state index in [0.29, 0.717) is 6.54 Å². The van der Waals surface area contributed by atoms with E-state index >= 15 is 0 Å². The maximum absolute atomic E-state index is 8.40. The zero-order valence-electron chi connectivity index (χ0n) is 4.54. The summed E-state index contributed by atoms with van der Waals surface area (Å²) in [5, 5.41) is 8.40. The van der Waals surface area contributed by atoms with Gasteiger partial charge < -0.3 is 9.67 Å². The lowest BCUT2D eigenvalue weighted by Crippen LogP contribution is -1.97. The first-order valence-corrected chi connectivity index (χ1v) is 2.57. The normalized spacial score (nSPS) is 9.62. The van der Waals surface area contributed by atoms with Gasteiger partial charge >= 0.3 is 0 Å². The molecule has 0 saturated carbocycles. The molecule has 0 spiro atoms. The molecule has 0 fully saturated rings. The predicted molar refractivity (Wildman–Crippen MR) is 30.4 cm³/mol. The molecule has 44 valence electrons. The summed E-state index contributed by atoms with van der Waals surface area (Å²) in [6.45, 7) is 0.832. The van der Waals surface area contributed by atoms with Crippen LogP contribution in [0.5, 0.6) is 0 Å². The Morgan fingerprint density at radius 2 is 2.50 bits per heavy atom. The quantitative estimate of drug-likeness (QED) is 0.543. The molecule has 0 bridgehead atoms. The summed E-state index contributed by atoms with van der Waals surface area (Å²) in [5.41, 5.74) is 0. The molecular formula is C6H8NO-. The number of hydrogen-bond acceptors (Lipinski definition) is 1. The molecule has 0 aromatic carbocycles. The predicted octanol–water partition coefficient (Wildman–Crippen LogP) is 0.281. The Bertz CT molecular complexity index is 134. The number of aliphatic hydroxyl groups excluding tert-OH is 1. The summed E-state index contributed by atoms with van der Waals surface area (Å²) < 4.78 is 1.81. The fourth-order valence-corrected chi connectivity index (χ4v) is 0.576. The van der Waals surface area contributed by atoms with Crippen molar-refractivity contribution in [2.24, 2.45) is 0 Å². The molecule has 0 atom stereocenters. The SMILES string of the molecule is OCCn1[c-]ccc1. The highest BCUT2D eigenvalue weighted by atomic mass is 16.3. The zero-order chi connectivity index (χ0) is 5.82. The van der Waals surface area contributed by atoms with Gasteiger partial charge in [-0.05, 0) is 0 Å². The van der Waals surface area contributed by atoms with Crippen molar-refractivity contribution in [3.05, 3.63) is 24.5 Å². The molecule has 0 saturated heterocycles. The number of nitrogens with zero attached hydrogens (tertiary/aromatic N) is 1. The lowest BCUT2D eigenvalue weighted by molar-refractivity contribution is 0.276. The average molecular weight is 110 g/mol. The van der Waals surface area contributed by atoms with Crippen LogP contribution in [0.4, 0.5) is 0 Å². The third-order valence-electron chi connectivity index (χ3n) is 0.943. The Balaban J connectivity index is 2.50. The molecular weight excluding hydrogens is 102 g/mol. The van der Waals surface area contributed by atoms with Crippen molar-refractivity contribution in [2.75, 3.05) is 6.61 Å². The molecule has 1 N–H and O–H groups in total. The first-order valence-electron chi connectivity index (χ1n) is 2.57. The van der Waals surface area contributed by atoms with Crippen molar-refractivity contribution in [3.8, 4) is 0 Å². The van der Waals surface area contributed by atoms with Gasteiger partial charge in [-0.2, -0.15) is 12.1 Å². The van der Waals surface area contributed by atoms with E-state index in [4.69, 9.17) is 5.11 Å². The van der Waals surface area contributed by atoms with E-state index < -0.39 is 0 Å². The highest BCUT2D eigenvalue weighted by Gasteiger charge is 1.74. The molecule has 0 aliphatic rings. The van der Waals surface area contributed by atoms with Gasteiger partial charge in [0.2, 0.25) is 0 Å². The van der Waals surface area contributed by atoms with E-state index in [1.165, 1.54) is 0 Å². The van der Waals surface area contributed by atoms with Gasteiger partial charge in [-0.1, -0.05) is 0 Å². The first-order chi connectivity index (χ1) is 3.93. The van der Waals surface area contributed by atoms with Gasteiger partial charge in [-0.25, -0.2) is 0 Å². The van der Waals surface area contributed by atoms with Crippen LogP contribution in [-0.2, 0) is 6.54 Å². The Morgan fingerprint density at radius 1 is 1.62 bits per heavy atom. The molecule has 0 aliphatic carbocycles. The number of aromatic nitrogens is 1. The van der Waals surface area contributed by atoms with Crippen molar-refractivity contribution < 1.29 is 5.11 Å². The minimum absolute atomic E-state index is 0.186.